The van der Waals surface area contributed by atoms with E-state index in [2.05, 4.69) is 5.32 Å². The second-order valence-corrected chi connectivity index (χ2v) is 5.88. The maximum absolute atomic E-state index is 12.3. The first kappa shape index (κ1) is 17.4. The summed E-state index contributed by atoms with van der Waals surface area (Å²) in [6.07, 6.45) is 0.849. The number of nitrogens with zero attached hydrogens (tertiary/aromatic N) is 1. The Balaban J connectivity index is 1.96. The molecule has 126 valence electrons. The van der Waals surface area contributed by atoms with Crippen LogP contribution < -0.4 is 11.1 Å². The third kappa shape index (κ3) is 4.53. The first-order valence-electron chi connectivity index (χ1n) is 8.06. The summed E-state index contributed by atoms with van der Waals surface area (Å²) in [6, 6.07) is 6.38. The maximum atomic E-state index is 12.3. The van der Waals surface area contributed by atoms with Crippen molar-refractivity contribution in [3.8, 4) is 0 Å². The fourth-order valence-corrected chi connectivity index (χ4v) is 2.38. The lowest BCUT2D eigenvalue weighted by atomic mass is 9.99. The topological polar surface area (TPSA) is 84.7 Å². The van der Waals surface area contributed by atoms with Gasteiger partial charge in [0.05, 0.1) is 19.3 Å². The van der Waals surface area contributed by atoms with Crippen LogP contribution in [-0.2, 0) is 9.53 Å². The van der Waals surface area contributed by atoms with Crippen molar-refractivity contribution in [1.29, 1.82) is 0 Å². The van der Waals surface area contributed by atoms with Crippen molar-refractivity contribution >= 4 is 17.5 Å². The predicted octanol–water partition coefficient (Wildman–Crippen LogP) is 1.47. The number of amides is 2. The van der Waals surface area contributed by atoms with E-state index in [0.29, 0.717) is 37.6 Å². The Kier molecular flexibility index (Phi) is 6.12. The van der Waals surface area contributed by atoms with E-state index in [9.17, 15) is 9.59 Å². The van der Waals surface area contributed by atoms with Gasteiger partial charge in [-0.1, -0.05) is 20.3 Å². The van der Waals surface area contributed by atoms with Crippen LogP contribution in [0.4, 0.5) is 5.69 Å². The van der Waals surface area contributed by atoms with Crippen LogP contribution in [0, 0.1) is 5.92 Å². The molecule has 1 saturated heterocycles. The summed E-state index contributed by atoms with van der Waals surface area (Å²) in [5.74, 6) is -0.0914. The molecule has 0 spiro atoms. The molecule has 1 aromatic rings. The third-order valence-electron chi connectivity index (χ3n) is 4.26. The quantitative estimate of drug-likeness (QED) is 0.861. The highest BCUT2D eigenvalue weighted by molar-refractivity contribution is 5.97. The van der Waals surface area contributed by atoms with Gasteiger partial charge in [0.15, 0.2) is 0 Å². The normalized spacial score (nSPS) is 17.4. The van der Waals surface area contributed by atoms with Crippen LogP contribution in [0.25, 0.3) is 0 Å². The van der Waals surface area contributed by atoms with E-state index in [1.54, 1.807) is 29.2 Å². The Bertz CT molecular complexity index is 539. The van der Waals surface area contributed by atoms with Gasteiger partial charge in [0.2, 0.25) is 5.91 Å². The van der Waals surface area contributed by atoms with E-state index >= 15 is 0 Å². The molecule has 2 amide bonds. The minimum absolute atomic E-state index is 0.0116. The van der Waals surface area contributed by atoms with Gasteiger partial charge in [-0.2, -0.15) is 0 Å². The molecule has 0 radical (unpaired) electrons. The Morgan fingerprint density at radius 3 is 2.43 bits per heavy atom. The Labute approximate surface area is 137 Å². The molecule has 2 unspecified atom stereocenters. The number of nitrogens with two attached hydrogens (primary N) is 1. The van der Waals surface area contributed by atoms with Gasteiger partial charge in [-0.05, 0) is 30.2 Å². The standard InChI is InChI=1S/C17H25N3O3/c1-3-12(2)15(18)16(21)19-14-6-4-13(5-7-14)17(22)20-8-10-23-11-9-20/h4-7,12,15H,3,8-11,18H2,1-2H3,(H,19,21). The Morgan fingerprint density at radius 1 is 1.26 bits per heavy atom. The van der Waals surface area contributed by atoms with Crippen LogP contribution in [0.5, 0.6) is 0 Å². The average molecular weight is 319 g/mol. The zero-order chi connectivity index (χ0) is 16.8. The van der Waals surface area contributed by atoms with Crippen LogP contribution in [-0.4, -0.2) is 49.1 Å². The monoisotopic (exact) mass is 319 g/mol. The molecule has 0 bridgehead atoms. The van der Waals surface area contributed by atoms with E-state index in [1.807, 2.05) is 13.8 Å². The van der Waals surface area contributed by atoms with E-state index in [1.165, 1.54) is 0 Å². The summed E-state index contributed by atoms with van der Waals surface area (Å²) in [6.45, 7) is 6.33. The third-order valence-corrected chi connectivity index (χ3v) is 4.26. The lowest BCUT2D eigenvalue weighted by Crippen LogP contribution is -2.41. The second kappa shape index (κ2) is 8.08. The summed E-state index contributed by atoms with van der Waals surface area (Å²) in [5, 5.41) is 2.79. The van der Waals surface area contributed by atoms with Crippen molar-refractivity contribution in [2.45, 2.75) is 26.3 Å². The molecule has 2 atom stereocenters. The molecule has 1 aliphatic heterocycles. The minimum atomic E-state index is -0.533. The Hall–Kier alpha value is -1.92. The second-order valence-electron chi connectivity index (χ2n) is 5.88. The van der Waals surface area contributed by atoms with Crippen molar-refractivity contribution in [2.24, 2.45) is 11.7 Å². The van der Waals surface area contributed by atoms with Crippen LogP contribution in [0.3, 0.4) is 0 Å². The van der Waals surface area contributed by atoms with Gasteiger partial charge in [0.25, 0.3) is 5.91 Å². The lowest BCUT2D eigenvalue weighted by molar-refractivity contribution is -0.118. The maximum Gasteiger partial charge on any atom is 0.254 e. The summed E-state index contributed by atoms with van der Waals surface area (Å²) < 4.78 is 5.25. The van der Waals surface area contributed by atoms with E-state index < -0.39 is 6.04 Å². The summed E-state index contributed by atoms with van der Waals surface area (Å²) in [7, 11) is 0. The van der Waals surface area contributed by atoms with Crippen LogP contribution in [0.15, 0.2) is 24.3 Å². The smallest absolute Gasteiger partial charge is 0.254 e. The number of hydrogen-bond acceptors (Lipinski definition) is 4. The molecule has 23 heavy (non-hydrogen) atoms. The van der Waals surface area contributed by atoms with Gasteiger partial charge < -0.3 is 20.7 Å². The van der Waals surface area contributed by atoms with Crippen molar-refractivity contribution < 1.29 is 14.3 Å². The van der Waals surface area contributed by atoms with Crippen LogP contribution >= 0.6 is 0 Å². The number of hydrogen-bond donors (Lipinski definition) is 2. The van der Waals surface area contributed by atoms with Gasteiger partial charge in [0.1, 0.15) is 0 Å². The minimum Gasteiger partial charge on any atom is -0.378 e. The fourth-order valence-electron chi connectivity index (χ4n) is 2.38. The fraction of sp³-hybridized carbons (Fsp3) is 0.529. The SMILES string of the molecule is CCC(C)C(N)C(=O)Nc1ccc(C(=O)N2CCOCC2)cc1. The van der Waals surface area contributed by atoms with E-state index in [-0.39, 0.29) is 17.7 Å². The highest BCUT2D eigenvalue weighted by atomic mass is 16.5. The van der Waals surface area contributed by atoms with Crippen LogP contribution in [0.1, 0.15) is 30.6 Å². The van der Waals surface area contributed by atoms with E-state index in [4.69, 9.17) is 10.5 Å². The lowest BCUT2D eigenvalue weighted by Gasteiger charge is -2.26. The number of nitrogens with one attached hydrogen (secondary N) is 1. The average Bonchev–Trinajstić information content (AvgIpc) is 2.61. The van der Waals surface area contributed by atoms with Crippen molar-refractivity contribution in [1.82, 2.24) is 4.90 Å². The summed E-state index contributed by atoms with van der Waals surface area (Å²) in [5.41, 5.74) is 7.16. The largest absolute Gasteiger partial charge is 0.378 e. The molecule has 0 aliphatic carbocycles. The van der Waals surface area contributed by atoms with Gasteiger partial charge in [0, 0.05) is 24.3 Å². The highest BCUT2D eigenvalue weighted by Crippen LogP contribution is 2.14. The molecule has 6 nitrogen and oxygen atoms in total. The molecule has 2 rings (SSSR count). The highest BCUT2D eigenvalue weighted by Gasteiger charge is 2.20. The van der Waals surface area contributed by atoms with Gasteiger partial charge in [-0.15, -0.1) is 0 Å². The number of rotatable bonds is 5. The predicted molar refractivity (Wildman–Crippen MR) is 89.2 cm³/mol. The molecule has 1 heterocycles. The van der Waals surface area contributed by atoms with Crippen molar-refractivity contribution in [3.63, 3.8) is 0 Å². The van der Waals surface area contributed by atoms with Crippen molar-refractivity contribution in [2.75, 3.05) is 31.6 Å². The molecule has 1 aromatic carbocycles. The van der Waals surface area contributed by atoms with Gasteiger partial charge >= 0.3 is 0 Å². The number of ether oxygens (including phenoxy) is 1. The molecule has 6 heteroatoms. The molecule has 1 fully saturated rings. The number of anilines is 1. The zero-order valence-corrected chi connectivity index (χ0v) is 13.7. The number of benzene rings is 1. The number of morpholine rings is 1. The summed E-state index contributed by atoms with van der Waals surface area (Å²) in [4.78, 5) is 26.2. The van der Waals surface area contributed by atoms with E-state index in [0.717, 1.165) is 6.42 Å². The first-order valence-corrected chi connectivity index (χ1v) is 8.06. The first-order chi connectivity index (χ1) is 11.0. The van der Waals surface area contributed by atoms with Crippen molar-refractivity contribution in [3.05, 3.63) is 29.8 Å². The summed E-state index contributed by atoms with van der Waals surface area (Å²) >= 11 is 0. The Morgan fingerprint density at radius 2 is 1.87 bits per heavy atom. The molecule has 0 saturated carbocycles. The molecule has 1 aliphatic rings. The molecule has 0 aromatic heterocycles. The van der Waals surface area contributed by atoms with Gasteiger partial charge in [-0.25, -0.2) is 0 Å². The van der Waals surface area contributed by atoms with Gasteiger partial charge in [-0.3, -0.25) is 9.59 Å². The molecular formula is C17H25N3O3. The molecular weight excluding hydrogens is 294 g/mol. The zero-order valence-electron chi connectivity index (χ0n) is 13.7. The molecule has 3 N–H and O–H groups in total. The number of carbonyl (C=O) groups excluding carboxylic acids is 2. The number of carbonyl (C=O) groups is 2. The van der Waals surface area contributed by atoms with Crippen LogP contribution in [0.2, 0.25) is 0 Å².